The summed E-state index contributed by atoms with van der Waals surface area (Å²) in [6.07, 6.45) is 6.75. The molecule has 158 valence electrons. The van der Waals surface area contributed by atoms with Gasteiger partial charge in [-0.05, 0) is 73.1 Å². The largest absolute Gasteiger partial charge is 0.361 e. The number of rotatable bonds is 7. The first-order valence-corrected chi connectivity index (χ1v) is 11.7. The van der Waals surface area contributed by atoms with E-state index >= 15 is 0 Å². The van der Waals surface area contributed by atoms with Crippen LogP contribution < -0.4 is 0 Å². The van der Waals surface area contributed by atoms with Crippen LogP contribution in [0.4, 0.5) is 0 Å². The van der Waals surface area contributed by atoms with E-state index in [1.165, 1.54) is 34.7 Å². The molecule has 6 heteroatoms. The molecule has 1 aliphatic rings. The van der Waals surface area contributed by atoms with Crippen LogP contribution in [0.1, 0.15) is 24.4 Å². The Morgan fingerprint density at radius 1 is 1.16 bits per heavy atom. The number of aromatic amines is 1. The Kier molecular flexibility index (Phi) is 5.73. The normalized spacial score (nSPS) is 15.8. The number of benzene rings is 2. The Hall–Kier alpha value is -2.72. The first-order valence-electron chi connectivity index (χ1n) is 10.9. The summed E-state index contributed by atoms with van der Waals surface area (Å²) < 4.78 is 4.45. The summed E-state index contributed by atoms with van der Waals surface area (Å²) in [5.41, 5.74) is 3.76. The molecule has 0 amide bonds. The van der Waals surface area contributed by atoms with Crippen LogP contribution in [0.2, 0.25) is 0 Å². The van der Waals surface area contributed by atoms with Gasteiger partial charge in [0.1, 0.15) is 0 Å². The average Bonchev–Trinajstić information content (AvgIpc) is 3.53. The fourth-order valence-electron chi connectivity index (χ4n) is 4.74. The van der Waals surface area contributed by atoms with Gasteiger partial charge in [-0.3, -0.25) is 4.90 Å². The highest BCUT2D eigenvalue weighted by Crippen LogP contribution is 2.35. The van der Waals surface area contributed by atoms with Crippen LogP contribution in [-0.4, -0.2) is 44.9 Å². The van der Waals surface area contributed by atoms with Crippen molar-refractivity contribution in [1.82, 2.24) is 18.8 Å². The first kappa shape index (κ1) is 20.2. The van der Waals surface area contributed by atoms with Crippen LogP contribution in [0, 0.1) is 11.3 Å². The molecule has 1 atom stereocenters. The van der Waals surface area contributed by atoms with Gasteiger partial charge >= 0.3 is 0 Å². The molecule has 5 nitrogen and oxygen atoms in total. The number of nitrogens with one attached hydrogen (secondary N) is 1. The zero-order valence-electron chi connectivity index (χ0n) is 17.8. The van der Waals surface area contributed by atoms with Gasteiger partial charge in [-0.25, -0.2) is 4.31 Å². The number of aromatic nitrogens is 2. The Labute approximate surface area is 187 Å². The highest BCUT2D eigenvalue weighted by Gasteiger charge is 2.28. The van der Waals surface area contributed by atoms with Gasteiger partial charge in [-0.1, -0.05) is 24.3 Å². The maximum Gasteiger partial charge on any atom is 0.0966 e. The van der Waals surface area contributed by atoms with Crippen LogP contribution in [0.15, 0.2) is 65.8 Å². The number of aryl methyl sites for hydroxylation is 1. The number of hydrogen-bond donors (Lipinski definition) is 1. The van der Waals surface area contributed by atoms with E-state index < -0.39 is 0 Å². The second-order valence-electron chi connectivity index (χ2n) is 8.27. The number of nitriles is 1. The molecule has 2 aromatic carbocycles. The Bertz CT molecular complexity index is 1230. The zero-order chi connectivity index (χ0) is 21.2. The summed E-state index contributed by atoms with van der Waals surface area (Å²) in [5, 5.41) is 12.1. The van der Waals surface area contributed by atoms with Crippen molar-refractivity contribution in [2.75, 3.05) is 26.2 Å². The average molecular weight is 430 g/mol. The lowest BCUT2D eigenvalue weighted by molar-refractivity contribution is 0.218. The second-order valence-corrected chi connectivity index (χ2v) is 9.44. The summed E-state index contributed by atoms with van der Waals surface area (Å²) in [5.74, 6) is 0. The third-order valence-corrected chi connectivity index (χ3v) is 7.25. The van der Waals surface area contributed by atoms with E-state index in [1.54, 1.807) is 11.9 Å². The minimum absolute atomic E-state index is 0.267. The summed E-state index contributed by atoms with van der Waals surface area (Å²) in [4.78, 5) is 7.05. The van der Waals surface area contributed by atoms with Gasteiger partial charge < -0.3 is 9.55 Å². The molecular weight excluding hydrogens is 402 g/mol. The first-order chi connectivity index (χ1) is 15.2. The Balaban J connectivity index is 1.46. The van der Waals surface area contributed by atoms with Crippen LogP contribution in [-0.2, 0) is 7.05 Å². The number of para-hydroxylation sites is 1. The molecule has 1 fully saturated rings. The van der Waals surface area contributed by atoms with Crippen molar-refractivity contribution in [1.29, 1.82) is 5.26 Å². The van der Waals surface area contributed by atoms with Crippen LogP contribution in [0.3, 0.4) is 0 Å². The quantitative estimate of drug-likeness (QED) is 0.319. The summed E-state index contributed by atoms with van der Waals surface area (Å²) in [6, 6.07) is 19.8. The molecule has 1 unspecified atom stereocenters. The molecule has 0 bridgehead atoms. The zero-order valence-corrected chi connectivity index (χ0v) is 18.6. The van der Waals surface area contributed by atoms with Crippen LogP contribution in [0.5, 0.6) is 0 Å². The minimum atomic E-state index is 0.267. The summed E-state index contributed by atoms with van der Waals surface area (Å²) in [7, 11) is 2.13. The van der Waals surface area contributed by atoms with Crippen LogP contribution in [0.25, 0.3) is 21.8 Å². The predicted octanol–water partition coefficient (Wildman–Crippen LogP) is 5.33. The molecule has 4 aromatic rings. The monoisotopic (exact) mass is 429 g/mol. The van der Waals surface area contributed by atoms with Crippen molar-refractivity contribution >= 4 is 33.8 Å². The smallest absolute Gasteiger partial charge is 0.0966 e. The predicted molar refractivity (Wildman–Crippen MR) is 128 cm³/mol. The van der Waals surface area contributed by atoms with Gasteiger partial charge in [-0.2, -0.15) is 5.26 Å². The van der Waals surface area contributed by atoms with E-state index in [-0.39, 0.29) is 6.04 Å². The van der Waals surface area contributed by atoms with Crippen molar-refractivity contribution in [3.63, 3.8) is 0 Å². The van der Waals surface area contributed by atoms with Gasteiger partial charge in [0, 0.05) is 47.3 Å². The lowest BCUT2D eigenvalue weighted by Gasteiger charge is -2.31. The van der Waals surface area contributed by atoms with E-state index in [1.807, 2.05) is 6.20 Å². The van der Waals surface area contributed by atoms with Crippen LogP contribution >= 0.6 is 11.9 Å². The van der Waals surface area contributed by atoms with Crippen molar-refractivity contribution in [2.45, 2.75) is 23.8 Å². The summed E-state index contributed by atoms with van der Waals surface area (Å²) in [6.45, 7) is 3.44. The van der Waals surface area contributed by atoms with Gasteiger partial charge in [0.2, 0.25) is 0 Å². The van der Waals surface area contributed by atoms with Gasteiger partial charge in [-0.15, -0.1) is 0 Å². The molecule has 0 spiro atoms. The molecule has 1 saturated heterocycles. The van der Waals surface area contributed by atoms with Gasteiger partial charge in [0.25, 0.3) is 0 Å². The number of hydrogen-bond acceptors (Lipinski definition) is 4. The van der Waals surface area contributed by atoms with E-state index in [4.69, 9.17) is 0 Å². The van der Waals surface area contributed by atoms with E-state index in [0.29, 0.717) is 6.54 Å². The van der Waals surface area contributed by atoms with Crippen molar-refractivity contribution in [2.24, 2.45) is 7.05 Å². The lowest BCUT2D eigenvalue weighted by atomic mass is 10.0. The second kappa shape index (κ2) is 8.80. The highest BCUT2D eigenvalue weighted by molar-refractivity contribution is 7.97. The third kappa shape index (κ3) is 4.09. The molecule has 5 rings (SSSR count). The molecular formula is C25H27N5S. The maximum atomic E-state index is 9.55. The third-order valence-electron chi connectivity index (χ3n) is 6.25. The Morgan fingerprint density at radius 2 is 2.00 bits per heavy atom. The van der Waals surface area contributed by atoms with Crippen molar-refractivity contribution in [3.05, 3.63) is 66.5 Å². The summed E-state index contributed by atoms with van der Waals surface area (Å²) >= 11 is 1.68. The molecule has 1 N–H and O–H groups in total. The highest BCUT2D eigenvalue weighted by atomic mass is 32.2. The van der Waals surface area contributed by atoms with Gasteiger partial charge in [0.15, 0.2) is 0 Å². The Morgan fingerprint density at radius 3 is 2.84 bits per heavy atom. The number of H-pyrrole nitrogens is 1. The molecule has 3 heterocycles. The molecule has 31 heavy (non-hydrogen) atoms. The number of fused-ring (bicyclic) bond motifs is 2. The van der Waals surface area contributed by atoms with E-state index in [2.05, 4.69) is 86.6 Å². The molecule has 0 radical (unpaired) electrons. The minimum Gasteiger partial charge on any atom is -0.361 e. The van der Waals surface area contributed by atoms with Crippen molar-refractivity contribution in [3.8, 4) is 6.07 Å². The van der Waals surface area contributed by atoms with E-state index in [0.717, 1.165) is 30.0 Å². The molecule has 0 saturated carbocycles. The SMILES string of the molecule is Cn1cc(C(CN(CC#N)Sc2ccc3cc[nH]c3c2)N2CCCC2)c2ccccc21. The fourth-order valence-corrected chi connectivity index (χ4v) is 5.68. The van der Waals surface area contributed by atoms with Gasteiger partial charge in [0.05, 0.1) is 18.7 Å². The number of nitrogens with zero attached hydrogens (tertiary/aromatic N) is 4. The maximum absolute atomic E-state index is 9.55. The lowest BCUT2D eigenvalue weighted by Crippen LogP contribution is -2.34. The molecule has 2 aromatic heterocycles. The fraction of sp³-hybridized carbons (Fsp3) is 0.320. The number of likely N-dealkylation sites (tertiary alicyclic amines) is 1. The topological polar surface area (TPSA) is 51.0 Å². The standard InChI is InChI=1S/C25H27N5S/c1-28-17-22(21-6-2-3-7-24(21)28)25(29-13-4-5-14-29)18-30(15-11-26)31-20-9-8-19-10-12-27-23(19)16-20/h2-3,6-10,12,16-17,25,27H,4-5,13-15,18H2,1H3. The van der Waals surface area contributed by atoms with E-state index in [9.17, 15) is 5.26 Å². The molecule has 0 aliphatic carbocycles. The van der Waals surface area contributed by atoms with Crippen molar-refractivity contribution < 1.29 is 0 Å². The molecule has 1 aliphatic heterocycles.